The third-order valence-corrected chi connectivity index (χ3v) is 4.59. The van der Waals surface area contributed by atoms with E-state index < -0.39 is 5.91 Å². The normalized spacial score (nSPS) is 13.6. The monoisotopic (exact) mass is 379 g/mol. The first-order valence-electron chi connectivity index (χ1n) is 8.14. The first-order chi connectivity index (χ1) is 12.0. The summed E-state index contributed by atoms with van der Waals surface area (Å²) in [5, 5.41) is 4.26. The number of carbonyl (C=O) groups excluding carboxylic acids is 1. The molecule has 0 unspecified atom stereocenters. The van der Waals surface area contributed by atoms with Gasteiger partial charge in [-0.25, -0.2) is 10.5 Å². The molecule has 1 heterocycles. The molecule has 5 nitrogen and oxygen atoms in total. The Morgan fingerprint density at radius 1 is 1.28 bits per heavy atom. The lowest BCUT2D eigenvalue weighted by molar-refractivity contribution is 0.0365. The SMILES string of the molecule is CCONC(=O)c1cnc(Cl)cc1Nc1cc(Cl)c(C2CC2)cc1C. The van der Waals surface area contributed by atoms with E-state index in [1.165, 1.54) is 24.6 Å². The molecule has 7 heteroatoms. The van der Waals surface area contributed by atoms with Crippen LogP contribution < -0.4 is 10.8 Å². The Labute approximate surface area is 156 Å². The van der Waals surface area contributed by atoms with Crippen molar-refractivity contribution in [2.45, 2.75) is 32.6 Å². The van der Waals surface area contributed by atoms with E-state index in [4.69, 9.17) is 28.0 Å². The van der Waals surface area contributed by atoms with E-state index in [0.29, 0.717) is 23.8 Å². The summed E-state index contributed by atoms with van der Waals surface area (Å²) in [6, 6.07) is 5.60. The van der Waals surface area contributed by atoms with Crippen LogP contribution in [-0.4, -0.2) is 17.5 Å². The fourth-order valence-electron chi connectivity index (χ4n) is 2.60. The number of nitrogens with zero attached hydrogens (tertiary/aromatic N) is 1. The minimum absolute atomic E-state index is 0.286. The zero-order valence-electron chi connectivity index (χ0n) is 14.0. The smallest absolute Gasteiger partial charge is 0.278 e. The Bertz CT molecular complexity index is 807. The Balaban J connectivity index is 1.90. The molecule has 1 aliphatic rings. The average molecular weight is 380 g/mol. The van der Waals surface area contributed by atoms with Gasteiger partial charge in [-0.2, -0.15) is 0 Å². The van der Waals surface area contributed by atoms with Crippen LogP contribution in [0, 0.1) is 6.92 Å². The summed E-state index contributed by atoms with van der Waals surface area (Å²) in [6.45, 7) is 4.16. The highest BCUT2D eigenvalue weighted by atomic mass is 35.5. The van der Waals surface area contributed by atoms with Crippen molar-refractivity contribution in [2.24, 2.45) is 0 Å². The summed E-state index contributed by atoms with van der Waals surface area (Å²) in [7, 11) is 0. The van der Waals surface area contributed by atoms with Crippen LogP contribution >= 0.6 is 23.2 Å². The molecule has 0 aliphatic heterocycles. The van der Waals surface area contributed by atoms with Gasteiger partial charge in [-0.1, -0.05) is 29.3 Å². The van der Waals surface area contributed by atoms with Crippen molar-refractivity contribution in [3.05, 3.63) is 51.3 Å². The minimum Gasteiger partial charge on any atom is -0.354 e. The van der Waals surface area contributed by atoms with Crippen LogP contribution in [0.25, 0.3) is 0 Å². The summed E-state index contributed by atoms with van der Waals surface area (Å²) < 4.78 is 0. The van der Waals surface area contributed by atoms with Gasteiger partial charge in [0.1, 0.15) is 5.15 Å². The van der Waals surface area contributed by atoms with Crippen LogP contribution in [0.2, 0.25) is 10.2 Å². The quantitative estimate of drug-likeness (QED) is 0.547. The van der Waals surface area contributed by atoms with Crippen LogP contribution in [0.3, 0.4) is 0 Å². The Morgan fingerprint density at radius 2 is 2.04 bits per heavy atom. The first-order valence-corrected chi connectivity index (χ1v) is 8.90. The van der Waals surface area contributed by atoms with Gasteiger partial charge in [-0.15, -0.1) is 0 Å². The molecule has 1 aliphatic carbocycles. The van der Waals surface area contributed by atoms with E-state index >= 15 is 0 Å². The maximum atomic E-state index is 12.2. The number of carbonyl (C=O) groups is 1. The fraction of sp³-hybridized carbons (Fsp3) is 0.333. The van der Waals surface area contributed by atoms with Gasteiger partial charge < -0.3 is 5.32 Å². The highest BCUT2D eigenvalue weighted by Crippen LogP contribution is 2.44. The van der Waals surface area contributed by atoms with Crippen molar-refractivity contribution in [2.75, 3.05) is 11.9 Å². The summed E-state index contributed by atoms with van der Waals surface area (Å²) in [4.78, 5) is 21.2. The topological polar surface area (TPSA) is 63.2 Å². The number of hydrogen-bond acceptors (Lipinski definition) is 4. The molecule has 0 atom stereocenters. The second kappa shape index (κ2) is 7.60. The minimum atomic E-state index is -0.396. The molecule has 1 amide bonds. The van der Waals surface area contributed by atoms with Gasteiger partial charge in [-0.05, 0) is 55.9 Å². The molecule has 0 saturated heterocycles. The molecule has 0 bridgehead atoms. The van der Waals surface area contributed by atoms with E-state index in [1.807, 2.05) is 13.0 Å². The lowest BCUT2D eigenvalue weighted by Crippen LogP contribution is -2.24. The maximum Gasteiger partial charge on any atom is 0.278 e. The molecule has 0 radical (unpaired) electrons. The van der Waals surface area contributed by atoms with Crippen LogP contribution in [0.5, 0.6) is 0 Å². The third kappa shape index (κ3) is 4.24. The van der Waals surface area contributed by atoms with Crippen molar-refractivity contribution >= 4 is 40.5 Å². The van der Waals surface area contributed by atoms with E-state index in [1.54, 1.807) is 13.0 Å². The van der Waals surface area contributed by atoms with Gasteiger partial charge in [0.15, 0.2) is 0 Å². The van der Waals surface area contributed by atoms with E-state index in [-0.39, 0.29) is 5.15 Å². The van der Waals surface area contributed by atoms with Crippen molar-refractivity contribution in [3.63, 3.8) is 0 Å². The predicted octanol–water partition coefficient (Wildman–Crippen LogP) is 5.00. The lowest BCUT2D eigenvalue weighted by Gasteiger charge is -2.15. The number of anilines is 2. The van der Waals surface area contributed by atoms with E-state index in [2.05, 4.69) is 21.8 Å². The molecule has 1 aromatic heterocycles. The van der Waals surface area contributed by atoms with Crippen LogP contribution in [0.15, 0.2) is 24.4 Å². The molecule has 0 spiro atoms. The summed E-state index contributed by atoms with van der Waals surface area (Å²) in [5.74, 6) is 0.176. The van der Waals surface area contributed by atoms with Crippen LogP contribution in [0.1, 0.15) is 47.2 Å². The van der Waals surface area contributed by atoms with Gasteiger partial charge >= 0.3 is 0 Å². The lowest BCUT2D eigenvalue weighted by atomic mass is 10.1. The van der Waals surface area contributed by atoms with Crippen LogP contribution in [0.4, 0.5) is 11.4 Å². The average Bonchev–Trinajstić information content (AvgIpc) is 3.40. The summed E-state index contributed by atoms with van der Waals surface area (Å²) in [5.41, 5.74) is 6.29. The van der Waals surface area contributed by atoms with Crippen molar-refractivity contribution < 1.29 is 9.63 Å². The van der Waals surface area contributed by atoms with Crippen molar-refractivity contribution in [3.8, 4) is 0 Å². The number of halogens is 2. The zero-order chi connectivity index (χ0) is 18.0. The largest absolute Gasteiger partial charge is 0.354 e. The number of amides is 1. The molecule has 1 aromatic carbocycles. The van der Waals surface area contributed by atoms with Gasteiger partial charge in [0.2, 0.25) is 0 Å². The number of nitrogens with one attached hydrogen (secondary N) is 2. The fourth-order valence-corrected chi connectivity index (χ4v) is 3.07. The molecule has 25 heavy (non-hydrogen) atoms. The van der Waals surface area contributed by atoms with Crippen molar-refractivity contribution in [1.82, 2.24) is 10.5 Å². The maximum absolute atomic E-state index is 12.2. The van der Waals surface area contributed by atoms with Crippen LogP contribution in [-0.2, 0) is 4.84 Å². The Hall–Kier alpha value is -1.82. The molecule has 1 saturated carbocycles. The van der Waals surface area contributed by atoms with Gasteiger partial charge in [0, 0.05) is 16.9 Å². The predicted molar refractivity (Wildman–Crippen MR) is 99.8 cm³/mol. The van der Waals surface area contributed by atoms with Gasteiger partial charge in [-0.3, -0.25) is 9.63 Å². The molecule has 2 aromatic rings. The number of aromatic nitrogens is 1. The van der Waals surface area contributed by atoms with Gasteiger partial charge in [0.05, 0.1) is 17.9 Å². The van der Waals surface area contributed by atoms with Gasteiger partial charge in [0.25, 0.3) is 5.91 Å². The molecular formula is C18H19Cl2N3O2. The standard InChI is InChI=1S/C18H19Cl2N3O2/c1-3-25-23-18(24)13-9-21-17(20)8-16(13)22-15-7-14(19)12(6-10(15)2)11-4-5-11/h6-9,11H,3-5H2,1-2H3,(H,21,22)(H,23,24). The summed E-state index contributed by atoms with van der Waals surface area (Å²) in [6.07, 6.45) is 3.79. The third-order valence-electron chi connectivity index (χ3n) is 4.05. The molecule has 3 rings (SSSR count). The van der Waals surface area contributed by atoms with E-state index in [9.17, 15) is 4.79 Å². The molecule has 1 fully saturated rings. The molecular weight excluding hydrogens is 361 g/mol. The number of hydroxylamine groups is 1. The number of pyridine rings is 1. The zero-order valence-corrected chi connectivity index (χ0v) is 15.5. The highest BCUT2D eigenvalue weighted by Gasteiger charge is 2.26. The second-order valence-corrected chi connectivity index (χ2v) is 6.80. The first kappa shape index (κ1) is 18.0. The van der Waals surface area contributed by atoms with E-state index in [0.717, 1.165) is 16.3 Å². The Kier molecular flexibility index (Phi) is 5.47. The highest BCUT2D eigenvalue weighted by molar-refractivity contribution is 6.32. The number of rotatable bonds is 6. The number of benzene rings is 1. The Morgan fingerprint density at radius 3 is 2.72 bits per heavy atom. The number of hydrogen-bond donors (Lipinski definition) is 2. The number of aryl methyl sites for hydroxylation is 1. The molecule has 132 valence electrons. The van der Waals surface area contributed by atoms with Crippen molar-refractivity contribution in [1.29, 1.82) is 0 Å². The summed E-state index contributed by atoms with van der Waals surface area (Å²) >= 11 is 12.4. The second-order valence-electron chi connectivity index (χ2n) is 6.00. The molecule has 2 N–H and O–H groups in total.